The SMILES string of the molecule is Cc1ccccc1C(O)CNC(=O)NCC(C)N1CCCC(C)C1. The van der Waals surface area contributed by atoms with E-state index in [4.69, 9.17) is 0 Å². The average molecular weight is 333 g/mol. The molecule has 0 bridgehead atoms. The third-order valence-corrected chi connectivity index (χ3v) is 4.87. The number of carbonyl (C=O) groups excluding carboxylic acids is 1. The molecular formula is C19H31N3O2. The fourth-order valence-electron chi connectivity index (χ4n) is 3.32. The minimum Gasteiger partial charge on any atom is -0.387 e. The van der Waals surface area contributed by atoms with E-state index in [2.05, 4.69) is 29.4 Å². The second kappa shape index (κ2) is 9.04. The maximum Gasteiger partial charge on any atom is 0.314 e. The highest BCUT2D eigenvalue weighted by molar-refractivity contribution is 5.73. The normalized spacial score (nSPS) is 21.1. The number of aliphatic hydroxyl groups is 1. The number of benzene rings is 1. The molecule has 0 aliphatic carbocycles. The maximum absolute atomic E-state index is 12.0. The minimum absolute atomic E-state index is 0.214. The van der Waals surface area contributed by atoms with Crippen LogP contribution in [-0.2, 0) is 0 Å². The molecule has 2 amide bonds. The Morgan fingerprint density at radius 2 is 2.04 bits per heavy atom. The maximum atomic E-state index is 12.0. The topological polar surface area (TPSA) is 64.6 Å². The fourth-order valence-corrected chi connectivity index (χ4v) is 3.32. The van der Waals surface area contributed by atoms with Gasteiger partial charge in [-0.15, -0.1) is 0 Å². The molecule has 1 fully saturated rings. The minimum atomic E-state index is -0.683. The Labute approximate surface area is 145 Å². The number of amides is 2. The van der Waals surface area contributed by atoms with Crippen LogP contribution >= 0.6 is 0 Å². The van der Waals surface area contributed by atoms with Gasteiger partial charge in [-0.1, -0.05) is 31.2 Å². The van der Waals surface area contributed by atoms with Crippen molar-refractivity contribution < 1.29 is 9.90 Å². The number of aryl methyl sites for hydroxylation is 1. The molecule has 24 heavy (non-hydrogen) atoms. The van der Waals surface area contributed by atoms with Gasteiger partial charge in [-0.05, 0) is 50.3 Å². The molecule has 1 aliphatic rings. The molecule has 1 saturated heterocycles. The van der Waals surface area contributed by atoms with Gasteiger partial charge in [0.25, 0.3) is 0 Å². The molecule has 2 rings (SSSR count). The van der Waals surface area contributed by atoms with E-state index in [9.17, 15) is 9.90 Å². The van der Waals surface area contributed by atoms with Crippen molar-refractivity contribution in [1.29, 1.82) is 0 Å². The average Bonchev–Trinajstić information content (AvgIpc) is 2.58. The monoisotopic (exact) mass is 333 g/mol. The van der Waals surface area contributed by atoms with E-state index in [-0.39, 0.29) is 12.6 Å². The Kier molecular flexibility index (Phi) is 7.06. The van der Waals surface area contributed by atoms with E-state index in [0.717, 1.165) is 30.1 Å². The van der Waals surface area contributed by atoms with Gasteiger partial charge in [0.05, 0.1) is 6.10 Å². The van der Waals surface area contributed by atoms with Crippen molar-refractivity contribution in [3.63, 3.8) is 0 Å². The molecule has 5 nitrogen and oxygen atoms in total. The molecule has 3 unspecified atom stereocenters. The Bertz CT molecular complexity index is 535. The third-order valence-electron chi connectivity index (χ3n) is 4.87. The molecule has 0 radical (unpaired) electrons. The van der Waals surface area contributed by atoms with Gasteiger partial charge in [0.2, 0.25) is 0 Å². The summed E-state index contributed by atoms with van der Waals surface area (Å²) in [5, 5.41) is 15.9. The largest absolute Gasteiger partial charge is 0.387 e. The lowest BCUT2D eigenvalue weighted by atomic mass is 9.99. The van der Waals surface area contributed by atoms with E-state index in [1.807, 2.05) is 31.2 Å². The highest BCUT2D eigenvalue weighted by Gasteiger charge is 2.21. The van der Waals surface area contributed by atoms with Crippen molar-refractivity contribution in [3.05, 3.63) is 35.4 Å². The summed E-state index contributed by atoms with van der Waals surface area (Å²) in [5.74, 6) is 0.735. The quantitative estimate of drug-likeness (QED) is 0.749. The zero-order valence-corrected chi connectivity index (χ0v) is 15.1. The number of carbonyl (C=O) groups is 1. The molecule has 5 heteroatoms. The van der Waals surface area contributed by atoms with Crippen LogP contribution in [0.2, 0.25) is 0 Å². The van der Waals surface area contributed by atoms with Crippen LogP contribution in [0, 0.1) is 12.8 Å². The lowest BCUT2D eigenvalue weighted by Crippen LogP contribution is -2.48. The summed E-state index contributed by atoms with van der Waals surface area (Å²) in [5.41, 5.74) is 1.88. The summed E-state index contributed by atoms with van der Waals surface area (Å²) in [6.45, 7) is 9.45. The number of aliphatic hydroxyl groups excluding tert-OH is 1. The van der Waals surface area contributed by atoms with Crippen molar-refractivity contribution in [2.75, 3.05) is 26.2 Å². The fraction of sp³-hybridized carbons (Fsp3) is 0.632. The zero-order chi connectivity index (χ0) is 17.5. The molecule has 1 aromatic carbocycles. The highest BCUT2D eigenvalue weighted by Crippen LogP contribution is 2.17. The Morgan fingerprint density at radius 1 is 1.33 bits per heavy atom. The van der Waals surface area contributed by atoms with Crippen LogP contribution < -0.4 is 10.6 Å². The molecule has 0 saturated carbocycles. The number of piperidine rings is 1. The summed E-state index contributed by atoms with van der Waals surface area (Å²) in [7, 11) is 0. The van der Waals surface area contributed by atoms with Crippen molar-refractivity contribution in [2.45, 2.75) is 45.8 Å². The summed E-state index contributed by atoms with van der Waals surface area (Å²) in [6.07, 6.45) is 1.85. The number of hydrogen-bond donors (Lipinski definition) is 3. The number of hydrogen-bond acceptors (Lipinski definition) is 3. The van der Waals surface area contributed by atoms with Crippen molar-refractivity contribution in [2.24, 2.45) is 5.92 Å². The standard InChI is InChI=1S/C19H31N3O2/c1-14-7-6-10-22(13-14)16(3)11-20-19(24)21-12-18(23)17-9-5-4-8-15(17)2/h4-5,8-9,14,16,18,23H,6-7,10-13H2,1-3H3,(H2,20,21,24). The number of nitrogens with one attached hydrogen (secondary N) is 2. The van der Waals surface area contributed by atoms with Crippen molar-refractivity contribution in [3.8, 4) is 0 Å². The molecule has 134 valence electrons. The van der Waals surface area contributed by atoms with Gasteiger partial charge in [-0.2, -0.15) is 0 Å². The first-order valence-corrected chi connectivity index (χ1v) is 8.96. The second-order valence-electron chi connectivity index (χ2n) is 7.05. The molecule has 1 aromatic rings. The smallest absolute Gasteiger partial charge is 0.314 e. The predicted octanol–water partition coefficient (Wildman–Crippen LogP) is 2.45. The zero-order valence-electron chi connectivity index (χ0n) is 15.1. The number of urea groups is 1. The summed E-state index contributed by atoms with van der Waals surface area (Å²) in [4.78, 5) is 14.4. The number of nitrogens with zero attached hydrogens (tertiary/aromatic N) is 1. The Morgan fingerprint density at radius 3 is 2.75 bits per heavy atom. The van der Waals surface area contributed by atoms with Gasteiger partial charge in [0.1, 0.15) is 0 Å². The van der Waals surface area contributed by atoms with Crippen LogP contribution in [-0.4, -0.2) is 48.3 Å². The van der Waals surface area contributed by atoms with Crippen molar-refractivity contribution in [1.82, 2.24) is 15.5 Å². The van der Waals surface area contributed by atoms with Gasteiger partial charge < -0.3 is 15.7 Å². The van der Waals surface area contributed by atoms with Crippen LogP contribution in [0.15, 0.2) is 24.3 Å². The van der Waals surface area contributed by atoms with Gasteiger partial charge in [0, 0.05) is 25.7 Å². The molecule has 3 N–H and O–H groups in total. The van der Waals surface area contributed by atoms with Crippen LogP contribution in [0.5, 0.6) is 0 Å². The van der Waals surface area contributed by atoms with Gasteiger partial charge in [-0.3, -0.25) is 4.90 Å². The summed E-state index contributed by atoms with van der Waals surface area (Å²) < 4.78 is 0. The lowest BCUT2D eigenvalue weighted by molar-refractivity contribution is 0.136. The van der Waals surface area contributed by atoms with Crippen LogP contribution in [0.1, 0.15) is 43.9 Å². The van der Waals surface area contributed by atoms with Crippen LogP contribution in [0.3, 0.4) is 0 Å². The molecule has 1 aliphatic heterocycles. The lowest BCUT2D eigenvalue weighted by Gasteiger charge is -2.35. The van der Waals surface area contributed by atoms with Gasteiger partial charge >= 0.3 is 6.03 Å². The van der Waals surface area contributed by atoms with E-state index < -0.39 is 6.10 Å². The van der Waals surface area contributed by atoms with E-state index in [0.29, 0.717) is 12.6 Å². The molecule has 3 atom stereocenters. The van der Waals surface area contributed by atoms with E-state index in [1.165, 1.54) is 12.8 Å². The van der Waals surface area contributed by atoms with Crippen LogP contribution in [0.4, 0.5) is 4.79 Å². The number of likely N-dealkylation sites (tertiary alicyclic amines) is 1. The molecular weight excluding hydrogens is 302 g/mol. The molecule has 1 heterocycles. The first-order valence-electron chi connectivity index (χ1n) is 8.96. The van der Waals surface area contributed by atoms with Gasteiger partial charge in [0.15, 0.2) is 0 Å². The first kappa shape index (κ1) is 18.7. The van der Waals surface area contributed by atoms with Crippen molar-refractivity contribution >= 4 is 6.03 Å². The Hall–Kier alpha value is -1.59. The summed E-state index contributed by atoms with van der Waals surface area (Å²) in [6, 6.07) is 7.79. The van der Waals surface area contributed by atoms with Gasteiger partial charge in [-0.25, -0.2) is 4.79 Å². The molecule has 0 aromatic heterocycles. The predicted molar refractivity (Wildman–Crippen MR) is 97.0 cm³/mol. The first-order chi connectivity index (χ1) is 11.5. The van der Waals surface area contributed by atoms with E-state index in [1.54, 1.807) is 0 Å². The third kappa shape index (κ3) is 5.49. The number of rotatable bonds is 6. The van der Waals surface area contributed by atoms with Crippen LogP contribution in [0.25, 0.3) is 0 Å². The second-order valence-corrected chi connectivity index (χ2v) is 7.05. The molecule has 0 spiro atoms. The summed E-state index contributed by atoms with van der Waals surface area (Å²) >= 11 is 0. The Balaban J connectivity index is 1.70. The highest BCUT2D eigenvalue weighted by atomic mass is 16.3. The van der Waals surface area contributed by atoms with E-state index >= 15 is 0 Å².